The molecule has 1 aromatic rings. The summed E-state index contributed by atoms with van der Waals surface area (Å²) in [4.78, 5) is 4.19. The lowest BCUT2D eigenvalue weighted by Gasteiger charge is -2.38. The number of halogens is 2. The van der Waals surface area contributed by atoms with E-state index in [1.54, 1.807) is 0 Å². The number of nitrogens with zero attached hydrogens (tertiary/aromatic N) is 1. The molecule has 98 valence electrons. The maximum absolute atomic E-state index is 13.0. The smallest absolute Gasteiger partial charge is 0.142 e. The lowest BCUT2D eigenvalue weighted by Crippen LogP contribution is -2.36. The topological polar surface area (TPSA) is 22.1 Å². The minimum absolute atomic E-state index is 0.0440. The van der Waals surface area contributed by atoms with Crippen LogP contribution < -0.4 is 0 Å². The van der Waals surface area contributed by atoms with Gasteiger partial charge in [-0.2, -0.15) is 0 Å². The van der Waals surface area contributed by atoms with Crippen molar-refractivity contribution >= 4 is 11.6 Å². The van der Waals surface area contributed by atoms with Crippen molar-refractivity contribution in [2.45, 2.75) is 50.0 Å². The first-order valence-electron chi connectivity index (χ1n) is 6.63. The van der Waals surface area contributed by atoms with Crippen LogP contribution in [0.3, 0.4) is 0 Å². The molecular weight excluding hydrogens is 253 g/mol. The van der Waals surface area contributed by atoms with E-state index in [2.05, 4.69) is 4.98 Å². The van der Waals surface area contributed by atoms with Gasteiger partial charge in [0.25, 0.3) is 0 Å². The maximum atomic E-state index is 13.0. The van der Waals surface area contributed by atoms with Crippen LogP contribution in [0.2, 0.25) is 5.02 Å². The van der Waals surface area contributed by atoms with E-state index >= 15 is 0 Å². The summed E-state index contributed by atoms with van der Waals surface area (Å²) in [5.74, 6) is -0.0589. The van der Waals surface area contributed by atoms with Gasteiger partial charge in [0, 0.05) is 12.5 Å². The normalized spacial score (nSPS) is 26.7. The highest BCUT2D eigenvalue weighted by Gasteiger charge is 2.41. The Morgan fingerprint density at radius 2 is 2.17 bits per heavy atom. The van der Waals surface area contributed by atoms with Crippen LogP contribution in [0.25, 0.3) is 0 Å². The van der Waals surface area contributed by atoms with E-state index in [4.69, 9.17) is 16.3 Å². The average Bonchev–Trinajstić information content (AvgIpc) is 2.77. The van der Waals surface area contributed by atoms with Crippen LogP contribution in [0.5, 0.6) is 0 Å². The van der Waals surface area contributed by atoms with Gasteiger partial charge >= 0.3 is 0 Å². The summed E-state index contributed by atoms with van der Waals surface area (Å²) in [6, 6.07) is 1.36. The van der Waals surface area contributed by atoms with Gasteiger partial charge in [-0.3, -0.25) is 4.98 Å². The summed E-state index contributed by atoms with van der Waals surface area (Å²) in [5.41, 5.74) is 0.884. The number of pyridine rings is 1. The van der Waals surface area contributed by atoms with Crippen molar-refractivity contribution < 1.29 is 9.13 Å². The third-order valence-corrected chi connectivity index (χ3v) is 4.53. The van der Waals surface area contributed by atoms with E-state index in [1.165, 1.54) is 25.1 Å². The highest BCUT2D eigenvalue weighted by molar-refractivity contribution is 6.31. The molecule has 18 heavy (non-hydrogen) atoms. The molecule has 0 radical (unpaired) electrons. The van der Waals surface area contributed by atoms with Crippen LogP contribution in [0.4, 0.5) is 4.39 Å². The highest BCUT2D eigenvalue weighted by Crippen LogP contribution is 2.45. The van der Waals surface area contributed by atoms with Gasteiger partial charge in [0.15, 0.2) is 0 Å². The van der Waals surface area contributed by atoms with Gasteiger partial charge in [-0.1, -0.05) is 24.4 Å². The Balaban J connectivity index is 1.83. The molecule has 4 heteroatoms. The quantitative estimate of drug-likeness (QED) is 0.766. The van der Waals surface area contributed by atoms with Crippen LogP contribution in [0.1, 0.15) is 50.1 Å². The second-order valence-corrected chi connectivity index (χ2v) is 5.86. The van der Waals surface area contributed by atoms with Crippen LogP contribution in [-0.2, 0) is 4.74 Å². The Labute approximate surface area is 112 Å². The number of ether oxygens (including phenoxy) is 1. The largest absolute Gasteiger partial charge is 0.375 e. The fourth-order valence-corrected chi connectivity index (χ4v) is 3.66. The van der Waals surface area contributed by atoms with E-state index in [0.717, 1.165) is 38.0 Å². The molecule has 1 atom stereocenters. The Morgan fingerprint density at radius 1 is 1.39 bits per heavy atom. The van der Waals surface area contributed by atoms with Crippen LogP contribution in [-0.4, -0.2) is 17.2 Å². The lowest BCUT2D eigenvalue weighted by atomic mass is 9.82. The molecule has 1 unspecified atom stereocenters. The molecule has 1 saturated carbocycles. The molecule has 0 aromatic carbocycles. The summed E-state index contributed by atoms with van der Waals surface area (Å²) in [5, 5.41) is 0.454. The van der Waals surface area contributed by atoms with E-state index < -0.39 is 0 Å². The maximum Gasteiger partial charge on any atom is 0.142 e. The van der Waals surface area contributed by atoms with Crippen LogP contribution in [0, 0.1) is 5.82 Å². The molecular formula is C14H17ClFNO. The van der Waals surface area contributed by atoms with Crippen molar-refractivity contribution in [2.75, 3.05) is 6.61 Å². The first-order chi connectivity index (χ1) is 8.69. The SMILES string of the molecule is Fc1cnc(C2CCOC3(CCCC3)C2)c(Cl)c1. The van der Waals surface area contributed by atoms with Crippen LogP contribution >= 0.6 is 11.6 Å². The van der Waals surface area contributed by atoms with Gasteiger partial charge < -0.3 is 4.74 Å². The molecule has 1 aliphatic heterocycles. The van der Waals surface area contributed by atoms with Gasteiger partial charge in [-0.15, -0.1) is 0 Å². The van der Waals surface area contributed by atoms with Crippen molar-refractivity contribution in [1.29, 1.82) is 0 Å². The van der Waals surface area contributed by atoms with E-state index in [9.17, 15) is 4.39 Å². The van der Waals surface area contributed by atoms with Gasteiger partial charge in [0.1, 0.15) is 5.82 Å². The zero-order valence-electron chi connectivity index (χ0n) is 10.3. The predicted octanol–water partition coefficient (Wildman–Crippen LogP) is 4.08. The van der Waals surface area contributed by atoms with Crippen molar-refractivity contribution in [1.82, 2.24) is 4.98 Å². The molecule has 0 bridgehead atoms. The monoisotopic (exact) mass is 269 g/mol. The highest BCUT2D eigenvalue weighted by atomic mass is 35.5. The van der Waals surface area contributed by atoms with Gasteiger partial charge in [-0.05, 0) is 31.7 Å². The zero-order valence-corrected chi connectivity index (χ0v) is 11.0. The Hall–Kier alpha value is -0.670. The van der Waals surface area contributed by atoms with Crippen molar-refractivity contribution in [3.8, 4) is 0 Å². The number of aromatic nitrogens is 1. The molecule has 1 saturated heterocycles. The zero-order chi connectivity index (χ0) is 12.6. The number of rotatable bonds is 1. The average molecular weight is 270 g/mol. The van der Waals surface area contributed by atoms with E-state index in [-0.39, 0.29) is 11.4 Å². The first kappa shape index (κ1) is 12.4. The summed E-state index contributed by atoms with van der Waals surface area (Å²) in [7, 11) is 0. The molecule has 1 aromatic heterocycles. The summed E-state index contributed by atoms with van der Waals surface area (Å²) >= 11 is 6.11. The molecule has 1 aliphatic carbocycles. The van der Waals surface area contributed by atoms with Gasteiger partial charge in [-0.25, -0.2) is 4.39 Å². The van der Waals surface area contributed by atoms with Gasteiger partial charge in [0.05, 0.1) is 22.5 Å². The molecule has 0 N–H and O–H groups in total. The van der Waals surface area contributed by atoms with Crippen molar-refractivity contribution in [2.24, 2.45) is 0 Å². The molecule has 2 nitrogen and oxygen atoms in total. The van der Waals surface area contributed by atoms with Gasteiger partial charge in [0.2, 0.25) is 0 Å². The number of hydrogen-bond donors (Lipinski definition) is 0. The van der Waals surface area contributed by atoms with E-state index in [1.807, 2.05) is 0 Å². The Kier molecular flexibility index (Phi) is 3.29. The Morgan fingerprint density at radius 3 is 2.89 bits per heavy atom. The molecule has 2 heterocycles. The lowest BCUT2D eigenvalue weighted by molar-refractivity contribution is -0.0808. The molecule has 1 spiro atoms. The predicted molar refractivity (Wildman–Crippen MR) is 68.3 cm³/mol. The van der Waals surface area contributed by atoms with E-state index in [0.29, 0.717) is 10.9 Å². The van der Waals surface area contributed by atoms with Crippen molar-refractivity contribution in [3.63, 3.8) is 0 Å². The fraction of sp³-hybridized carbons (Fsp3) is 0.643. The minimum atomic E-state index is -0.369. The molecule has 2 aliphatic rings. The fourth-order valence-electron chi connectivity index (χ4n) is 3.35. The Bertz CT molecular complexity index is 445. The third kappa shape index (κ3) is 2.26. The first-order valence-corrected chi connectivity index (χ1v) is 7.01. The summed E-state index contributed by atoms with van der Waals surface area (Å²) in [6.07, 6.45) is 7.95. The third-order valence-electron chi connectivity index (χ3n) is 4.23. The second kappa shape index (κ2) is 4.78. The minimum Gasteiger partial charge on any atom is -0.375 e. The molecule has 3 rings (SSSR count). The second-order valence-electron chi connectivity index (χ2n) is 5.45. The summed E-state index contributed by atoms with van der Waals surface area (Å²) < 4.78 is 19.0. The molecule has 2 fully saturated rings. The standard InChI is InChI=1S/C14H17ClFNO/c15-12-7-11(16)9-17-13(12)10-3-6-18-14(8-10)4-1-2-5-14/h7,9-10H,1-6,8H2. The summed E-state index contributed by atoms with van der Waals surface area (Å²) in [6.45, 7) is 0.764. The molecule has 0 amide bonds. The number of hydrogen-bond acceptors (Lipinski definition) is 2. The van der Waals surface area contributed by atoms with Crippen molar-refractivity contribution in [3.05, 3.63) is 28.8 Å². The van der Waals surface area contributed by atoms with Crippen LogP contribution in [0.15, 0.2) is 12.3 Å².